The van der Waals surface area contributed by atoms with Gasteiger partial charge in [-0.1, -0.05) is 6.92 Å². The fraction of sp³-hybridized carbons (Fsp3) is 1.00. The Hall–Kier alpha value is 1.01. The van der Waals surface area contributed by atoms with Gasteiger partial charge in [-0.3, -0.25) is 0 Å². The van der Waals surface area contributed by atoms with E-state index in [-0.39, 0.29) is 0 Å². The standard InChI is InChI=1S/C6H14Cl2Si2/c1-2-10(8)5-3-9(7)4-6-10/h9H,2-6H2,1H3. The largest absolute Gasteiger partial charge is 0.172 e. The summed E-state index contributed by atoms with van der Waals surface area (Å²) in [6, 6.07) is 6.43. The van der Waals surface area contributed by atoms with Crippen molar-refractivity contribution in [1.82, 2.24) is 0 Å². The maximum Gasteiger partial charge on any atom is 0.155 e. The van der Waals surface area contributed by atoms with Gasteiger partial charge >= 0.3 is 0 Å². The second kappa shape index (κ2) is 3.61. The Kier molecular flexibility index (Phi) is 3.29. The molecule has 1 saturated heterocycles. The Balaban J connectivity index is 2.38. The van der Waals surface area contributed by atoms with Crippen molar-refractivity contribution in [3.8, 4) is 0 Å². The van der Waals surface area contributed by atoms with E-state index in [0.29, 0.717) is 0 Å². The van der Waals surface area contributed by atoms with Gasteiger partial charge in [0.1, 0.15) is 8.11 Å². The van der Waals surface area contributed by atoms with E-state index in [2.05, 4.69) is 6.92 Å². The number of halogens is 2. The van der Waals surface area contributed by atoms with Crippen molar-refractivity contribution in [2.45, 2.75) is 37.1 Å². The van der Waals surface area contributed by atoms with Crippen LogP contribution in [-0.4, -0.2) is 15.5 Å². The van der Waals surface area contributed by atoms with Gasteiger partial charge in [0.25, 0.3) is 0 Å². The first-order valence-corrected chi connectivity index (χ1v) is 11.0. The van der Waals surface area contributed by atoms with Gasteiger partial charge in [0.2, 0.25) is 0 Å². The summed E-state index contributed by atoms with van der Waals surface area (Å²) in [7, 11) is -2.00. The molecule has 0 saturated carbocycles. The van der Waals surface area contributed by atoms with Crippen molar-refractivity contribution >= 4 is 37.6 Å². The fourth-order valence-corrected chi connectivity index (χ4v) is 13.3. The van der Waals surface area contributed by atoms with Crippen LogP contribution in [0, 0.1) is 0 Å². The molecule has 1 aliphatic rings. The quantitative estimate of drug-likeness (QED) is 0.463. The highest BCUT2D eigenvalue weighted by molar-refractivity contribution is 7.22. The molecule has 0 nitrogen and oxygen atoms in total. The average Bonchev–Trinajstić information content (AvgIpc) is 1.96. The molecule has 0 bridgehead atoms. The number of hydrogen-bond acceptors (Lipinski definition) is 0. The minimum absolute atomic E-state index is 0.768. The van der Waals surface area contributed by atoms with Crippen LogP contribution >= 0.6 is 22.2 Å². The third-order valence-corrected chi connectivity index (χ3v) is 12.3. The number of hydrogen-bond donors (Lipinski definition) is 0. The molecule has 0 aromatic heterocycles. The lowest BCUT2D eigenvalue weighted by molar-refractivity contribution is 1.15. The zero-order valence-corrected chi connectivity index (χ0v) is 10.0. The van der Waals surface area contributed by atoms with Crippen molar-refractivity contribution in [2.75, 3.05) is 0 Å². The van der Waals surface area contributed by atoms with Gasteiger partial charge in [0, 0.05) is 0 Å². The Morgan fingerprint density at radius 3 is 2.30 bits per heavy atom. The van der Waals surface area contributed by atoms with Crippen LogP contribution in [0.15, 0.2) is 0 Å². The Bertz CT molecular complexity index is 110. The highest BCUT2D eigenvalue weighted by Gasteiger charge is 2.34. The van der Waals surface area contributed by atoms with E-state index < -0.39 is 15.5 Å². The van der Waals surface area contributed by atoms with E-state index in [9.17, 15) is 0 Å². The van der Waals surface area contributed by atoms with E-state index in [0.717, 1.165) is 0 Å². The summed E-state index contributed by atoms with van der Waals surface area (Å²) in [6.07, 6.45) is 0. The zero-order valence-electron chi connectivity index (χ0n) is 6.37. The van der Waals surface area contributed by atoms with Crippen LogP contribution in [0.3, 0.4) is 0 Å². The zero-order chi connectivity index (χ0) is 7.61. The van der Waals surface area contributed by atoms with E-state index >= 15 is 0 Å². The molecule has 0 aromatic rings. The predicted molar refractivity (Wildman–Crippen MR) is 54.3 cm³/mol. The smallest absolute Gasteiger partial charge is 0.155 e. The van der Waals surface area contributed by atoms with E-state index in [4.69, 9.17) is 22.2 Å². The van der Waals surface area contributed by atoms with Gasteiger partial charge in [-0.25, -0.2) is 0 Å². The van der Waals surface area contributed by atoms with E-state index in [1.807, 2.05) is 0 Å². The molecule has 10 heavy (non-hydrogen) atoms. The van der Waals surface area contributed by atoms with Gasteiger partial charge in [-0.15, -0.1) is 0 Å². The molecular weight excluding hydrogens is 199 g/mol. The Morgan fingerprint density at radius 2 is 1.90 bits per heavy atom. The van der Waals surface area contributed by atoms with Crippen LogP contribution < -0.4 is 0 Å². The summed E-state index contributed by atoms with van der Waals surface area (Å²) in [5, 5.41) is 0. The molecule has 1 fully saturated rings. The lowest BCUT2D eigenvalue weighted by Gasteiger charge is -2.28. The van der Waals surface area contributed by atoms with Crippen LogP contribution in [0.2, 0.25) is 30.2 Å². The maximum absolute atomic E-state index is 6.43. The van der Waals surface area contributed by atoms with Gasteiger partial charge in [0.05, 0.1) is 0 Å². The first-order valence-electron chi connectivity index (χ1n) is 3.99. The normalized spacial score (nSPS) is 41.7. The lowest BCUT2D eigenvalue weighted by Crippen LogP contribution is -2.32. The molecule has 4 heteroatoms. The highest BCUT2D eigenvalue weighted by atomic mass is 35.6. The van der Waals surface area contributed by atoms with Crippen molar-refractivity contribution in [2.24, 2.45) is 0 Å². The molecule has 1 heterocycles. The summed E-state index contributed by atoms with van der Waals surface area (Å²) in [4.78, 5) is 0. The number of rotatable bonds is 1. The topological polar surface area (TPSA) is 0 Å². The minimum Gasteiger partial charge on any atom is -0.172 e. The van der Waals surface area contributed by atoms with Crippen molar-refractivity contribution in [3.05, 3.63) is 0 Å². The molecule has 1 aliphatic heterocycles. The molecule has 0 amide bonds. The molecule has 0 radical (unpaired) electrons. The molecule has 1 rings (SSSR count). The van der Waals surface area contributed by atoms with Gasteiger partial charge in [-0.2, -0.15) is 22.2 Å². The third-order valence-electron chi connectivity index (χ3n) is 2.44. The molecule has 0 atom stereocenters. The van der Waals surface area contributed by atoms with Crippen molar-refractivity contribution in [3.63, 3.8) is 0 Å². The summed E-state index contributed by atoms with van der Waals surface area (Å²) < 4.78 is 0. The highest BCUT2D eigenvalue weighted by Crippen LogP contribution is 2.36. The lowest BCUT2D eigenvalue weighted by atomic mass is 10.9. The van der Waals surface area contributed by atoms with Crippen LogP contribution in [0.5, 0.6) is 0 Å². The Morgan fingerprint density at radius 1 is 1.40 bits per heavy atom. The monoisotopic (exact) mass is 212 g/mol. The first-order chi connectivity index (χ1) is 4.66. The van der Waals surface area contributed by atoms with Gasteiger partial charge < -0.3 is 0 Å². The van der Waals surface area contributed by atoms with Crippen LogP contribution in [-0.2, 0) is 0 Å². The van der Waals surface area contributed by atoms with Crippen molar-refractivity contribution < 1.29 is 0 Å². The van der Waals surface area contributed by atoms with Crippen molar-refractivity contribution in [1.29, 1.82) is 0 Å². The van der Waals surface area contributed by atoms with Crippen LogP contribution in [0.1, 0.15) is 6.92 Å². The molecular formula is C6H14Cl2Si2. The summed E-state index contributed by atoms with van der Waals surface area (Å²) in [6.45, 7) is 2.23. The summed E-state index contributed by atoms with van der Waals surface area (Å²) in [5.74, 6) is 0. The summed E-state index contributed by atoms with van der Waals surface area (Å²) in [5.41, 5.74) is 0. The molecule has 0 aliphatic carbocycles. The second-order valence-electron chi connectivity index (χ2n) is 3.18. The third kappa shape index (κ3) is 2.26. The molecule has 0 N–H and O–H groups in total. The fourth-order valence-electron chi connectivity index (χ4n) is 1.45. The molecule has 0 unspecified atom stereocenters. The van der Waals surface area contributed by atoms with Crippen LogP contribution in [0.25, 0.3) is 0 Å². The minimum atomic E-state index is -1.23. The average molecular weight is 213 g/mol. The molecule has 60 valence electrons. The SMILES string of the molecule is CC[Si]1(Cl)CC[SiH](Cl)CC1. The Labute approximate surface area is 74.9 Å². The second-order valence-corrected chi connectivity index (χ2v) is 13.8. The maximum atomic E-state index is 6.43. The predicted octanol–water partition coefficient (Wildman–Crippen LogP) is 3.17. The van der Waals surface area contributed by atoms with Crippen LogP contribution in [0.4, 0.5) is 0 Å². The van der Waals surface area contributed by atoms with Gasteiger partial charge in [-0.05, 0) is 30.2 Å². The molecule has 0 spiro atoms. The van der Waals surface area contributed by atoms with E-state index in [1.54, 1.807) is 0 Å². The van der Waals surface area contributed by atoms with Gasteiger partial charge in [0.15, 0.2) is 7.38 Å². The first kappa shape index (κ1) is 9.10. The van der Waals surface area contributed by atoms with E-state index in [1.165, 1.54) is 30.2 Å². The summed E-state index contributed by atoms with van der Waals surface area (Å²) >= 11 is 12.5. The molecule has 0 aromatic carbocycles.